The number of carbonyl (C=O) groups is 3. The maximum Gasteiger partial charge on any atom is 0.253 e. The molecule has 9 nitrogen and oxygen atoms in total. The molecular formula is C20H22Cl2FN5O4. The molecule has 0 aliphatic rings. The zero-order chi connectivity index (χ0) is 23.3. The van der Waals surface area contributed by atoms with E-state index in [-0.39, 0.29) is 34.5 Å². The lowest BCUT2D eigenvalue weighted by atomic mass is 10.0. The molecule has 0 aliphatic heterocycles. The Kier molecular flexibility index (Phi) is 9.57. The minimum absolute atomic E-state index is 0. The Balaban J connectivity index is 0.00000512. The number of benzene rings is 2. The number of hydrogen-bond donors (Lipinski definition) is 5. The highest BCUT2D eigenvalue weighted by molar-refractivity contribution is 6.31. The van der Waals surface area contributed by atoms with E-state index >= 15 is 0 Å². The average molecular weight is 486 g/mol. The molecule has 0 aromatic heterocycles. The fourth-order valence-corrected chi connectivity index (χ4v) is 2.93. The molecule has 12 heteroatoms. The van der Waals surface area contributed by atoms with Gasteiger partial charge in [-0.05, 0) is 30.7 Å². The molecular weight excluding hydrogens is 464 g/mol. The molecule has 1 unspecified atom stereocenters. The van der Waals surface area contributed by atoms with Gasteiger partial charge in [0.15, 0.2) is 12.0 Å². The van der Waals surface area contributed by atoms with E-state index in [2.05, 4.69) is 10.6 Å². The van der Waals surface area contributed by atoms with Gasteiger partial charge in [-0.1, -0.05) is 23.7 Å². The topological polar surface area (TPSA) is 160 Å². The lowest BCUT2D eigenvalue weighted by molar-refractivity contribution is -0.125. The van der Waals surface area contributed by atoms with Crippen LogP contribution in [0, 0.1) is 18.2 Å². The van der Waals surface area contributed by atoms with Gasteiger partial charge in [-0.2, -0.15) is 0 Å². The van der Waals surface area contributed by atoms with Crippen LogP contribution in [0.1, 0.15) is 40.2 Å². The molecule has 2 aromatic carbocycles. The molecule has 0 spiro atoms. The minimum Gasteiger partial charge on any atom is -0.384 e. The van der Waals surface area contributed by atoms with Gasteiger partial charge in [-0.15, -0.1) is 12.4 Å². The summed E-state index contributed by atoms with van der Waals surface area (Å²) in [5.41, 5.74) is 11.9. The smallest absolute Gasteiger partial charge is 0.253 e. The Morgan fingerprint density at radius 3 is 2.38 bits per heavy atom. The van der Waals surface area contributed by atoms with Crippen LogP contribution in [0.3, 0.4) is 0 Å². The average Bonchev–Trinajstić information content (AvgIpc) is 2.67. The van der Waals surface area contributed by atoms with Crippen molar-refractivity contribution in [1.29, 1.82) is 5.41 Å². The van der Waals surface area contributed by atoms with Crippen molar-refractivity contribution in [2.75, 3.05) is 11.9 Å². The second-order valence-corrected chi connectivity index (χ2v) is 7.02. The van der Waals surface area contributed by atoms with E-state index in [4.69, 9.17) is 33.2 Å². The normalized spacial score (nSPS) is 11.1. The highest BCUT2D eigenvalue weighted by Gasteiger charge is 2.21. The number of amides is 3. The summed E-state index contributed by atoms with van der Waals surface area (Å²) in [6, 6.07) is 6.97. The number of hydrogen-bond acceptors (Lipinski definition) is 5. The van der Waals surface area contributed by atoms with Gasteiger partial charge in [-0.25, -0.2) is 4.39 Å². The number of amidine groups is 1. The summed E-state index contributed by atoms with van der Waals surface area (Å²) in [7, 11) is 0. The zero-order valence-corrected chi connectivity index (χ0v) is 18.7. The number of aryl methyl sites for hydroxylation is 1. The molecule has 1 atom stereocenters. The standard InChI is InChI=1S/C20H21ClFN5O4.ClH/c1-9-5-11(18(24)25)3-4-13(9)20(31-8-16(23)29)27-19(30)12-6-14(21)17(22)15(7-12)26-10(2)28;/h3-7,20H,8H2,1-2H3,(H2,23,29)(H3,24,25)(H,26,28)(H,27,30);1H. The van der Waals surface area contributed by atoms with Crippen molar-refractivity contribution in [2.24, 2.45) is 11.5 Å². The number of anilines is 1. The molecule has 2 rings (SSSR count). The Morgan fingerprint density at radius 1 is 1.19 bits per heavy atom. The minimum atomic E-state index is -1.10. The number of nitrogens with one attached hydrogen (secondary N) is 3. The summed E-state index contributed by atoms with van der Waals surface area (Å²) in [5.74, 6) is -3.03. The molecule has 0 fully saturated rings. The Labute approximate surface area is 194 Å². The number of ether oxygens (including phenoxy) is 1. The summed E-state index contributed by atoms with van der Waals surface area (Å²) < 4.78 is 19.6. The maximum atomic E-state index is 14.1. The number of nitrogens with two attached hydrogens (primary N) is 2. The van der Waals surface area contributed by atoms with Gasteiger partial charge in [0.1, 0.15) is 12.4 Å². The van der Waals surface area contributed by atoms with E-state index in [1.807, 2.05) is 0 Å². The quantitative estimate of drug-likeness (QED) is 0.220. The molecule has 2 aromatic rings. The van der Waals surface area contributed by atoms with Crippen molar-refractivity contribution < 1.29 is 23.5 Å². The lowest BCUT2D eigenvalue weighted by Crippen LogP contribution is -2.33. The number of halogens is 3. The Hall–Kier alpha value is -3.21. The van der Waals surface area contributed by atoms with E-state index in [9.17, 15) is 18.8 Å². The van der Waals surface area contributed by atoms with Crippen molar-refractivity contribution >= 4 is 53.3 Å². The summed E-state index contributed by atoms with van der Waals surface area (Å²) in [5, 5.41) is 12.0. The van der Waals surface area contributed by atoms with Crippen molar-refractivity contribution in [3.05, 3.63) is 63.4 Å². The first kappa shape index (κ1) is 26.8. The van der Waals surface area contributed by atoms with Gasteiger partial charge in [0.25, 0.3) is 5.91 Å². The van der Waals surface area contributed by atoms with Crippen LogP contribution in [0.25, 0.3) is 0 Å². The predicted octanol–water partition coefficient (Wildman–Crippen LogP) is 2.38. The SMILES string of the molecule is CC(=O)Nc1cc(C(=O)NC(OCC(N)=O)c2ccc(C(=N)N)cc2C)cc(Cl)c1F.Cl. The van der Waals surface area contributed by atoms with Gasteiger partial charge >= 0.3 is 0 Å². The largest absolute Gasteiger partial charge is 0.384 e. The second-order valence-electron chi connectivity index (χ2n) is 6.62. The summed E-state index contributed by atoms with van der Waals surface area (Å²) in [4.78, 5) is 35.3. The highest BCUT2D eigenvalue weighted by atomic mass is 35.5. The summed E-state index contributed by atoms with van der Waals surface area (Å²) in [6.45, 7) is 2.40. The van der Waals surface area contributed by atoms with Gasteiger partial charge in [0.2, 0.25) is 11.8 Å². The molecule has 0 saturated carbocycles. The van der Waals surface area contributed by atoms with Gasteiger partial charge < -0.3 is 26.8 Å². The molecule has 32 heavy (non-hydrogen) atoms. The summed E-state index contributed by atoms with van der Waals surface area (Å²) >= 11 is 5.84. The molecule has 172 valence electrons. The first-order valence-corrected chi connectivity index (χ1v) is 9.29. The number of carbonyl (C=O) groups excluding carboxylic acids is 3. The molecule has 0 aliphatic carbocycles. The van der Waals surface area contributed by atoms with Crippen LogP contribution < -0.4 is 22.1 Å². The molecule has 7 N–H and O–H groups in total. The van der Waals surface area contributed by atoms with Crippen LogP contribution in [0.4, 0.5) is 10.1 Å². The molecule has 0 bridgehead atoms. The number of rotatable bonds is 8. The molecule has 0 saturated heterocycles. The Morgan fingerprint density at radius 2 is 1.84 bits per heavy atom. The van der Waals surface area contributed by atoms with E-state index in [0.29, 0.717) is 16.7 Å². The maximum absolute atomic E-state index is 14.1. The van der Waals surface area contributed by atoms with Crippen molar-refractivity contribution in [3.8, 4) is 0 Å². The molecule has 0 heterocycles. The fourth-order valence-electron chi connectivity index (χ4n) is 2.72. The van der Waals surface area contributed by atoms with E-state index in [0.717, 1.165) is 12.1 Å². The van der Waals surface area contributed by atoms with Crippen LogP contribution in [-0.2, 0) is 14.3 Å². The summed E-state index contributed by atoms with van der Waals surface area (Å²) in [6.07, 6.45) is -1.10. The first-order valence-electron chi connectivity index (χ1n) is 8.92. The molecule has 0 radical (unpaired) electrons. The third-order valence-corrected chi connectivity index (χ3v) is 4.39. The van der Waals surface area contributed by atoms with Crippen LogP contribution in [0.5, 0.6) is 0 Å². The van der Waals surface area contributed by atoms with Crippen molar-refractivity contribution in [2.45, 2.75) is 20.1 Å². The predicted molar refractivity (Wildman–Crippen MR) is 121 cm³/mol. The Bertz CT molecular complexity index is 1060. The van der Waals surface area contributed by atoms with Crippen LogP contribution in [0.15, 0.2) is 30.3 Å². The lowest BCUT2D eigenvalue weighted by Gasteiger charge is -2.22. The second kappa shape index (κ2) is 11.4. The highest BCUT2D eigenvalue weighted by Crippen LogP contribution is 2.26. The van der Waals surface area contributed by atoms with Crippen molar-refractivity contribution in [3.63, 3.8) is 0 Å². The van der Waals surface area contributed by atoms with E-state index < -0.39 is 36.4 Å². The zero-order valence-electron chi connectivity index (χ0n) is 17.1. The third kappa shape index (κ3) is 6.91. The third-order valence-electron chi connectivity index (χ3n) is 4.12. The number of primary amides is 1. The molecule has 3 amide bonds. The van der Waals surface area contributed by atoms with E-state index in [1.54, 1.807) is 25.1 Å². The van der Waals surface area contributed by atoms with Gasteiger partial charge in [0.05, 0.1) is 10.7 Å². The van der Waals surface area contributed by atoms with Crippen LogP contribution in [0.2, 0.25) is 5.02 Å². The number of nitrogen functional groups attached to an aromatic ring is 1. The monoisotopic (exact) mass is 485 g/mol. The van der Waals surface area contributed by atoms with Crippen molar-refractivity contribution in [1.82, 2.24) is 5.32 Å². The van der Waals surface area contributed by atoms with Crippen LogP contribution >= 0.6 is 24.0 Å². The van der Waals surface area contributed by atoms with Gasteiger partial charge in [0, 0.05) is 23.6 Å². The van der Waals surface area contributed by atoms with E-state index in [1.165, 1.54) is 6.92 Å². The first-order chi connectivity index (χ1) is 14.5. The van der Waals surface area contributed by atoms with Crippen LogP contribution in [-0.4, -0.2) is 30.2 Å². The van der Waals surface area contributed by atoms with Gasteiger partial charge in [-0.3, -0.25) is 19.8 Å². The fraction of sp³-hybridized carbons (Fsp3) is 0.200.